The maximum Gasteiger partial charge on any atom is 0.117 e. The van der Waals surface area contributed by atoms with Crippen LogP contribution in [0.3, 0.4) is 0 Å². The quantitative estimate of drug-likeness (QED) is 0.821. The summed E-state index contributed by atoms with van der Waals surface area (Å²) in [5.74, 6) is 1.07. The van der Waals surface area contributed by atoms with Crippen LogP contribution in [0.15, 0.2) is 22.8 Å². The lowest BCUT2D eigenvalue weighted by atomic mass is 10.1. The molecule has 0 radical (unpaired) electrons. The van der Waals surface area contributed by atoms with Crippen LogP contribution in [0.2, 0.25) is 0 Å². The Hall–Kier alpha value is -0.800. The Labute approximate surface area is 91.4 Å². The Morgan fingerprint density at radius 1 is 1.60 bits per heavy atom. The zero-order chi connectivity index (χ0) is 10.7. The van der Waals surface area contributed by atoms with Crippen LogP contribution in [0, 0.1) is 0 Å². The largest absolute Gasteiger partial charge is 0.468 e. The van der Waals surface area contributed by atoms with Crippen molar-refractivity contribution in [1.29, 1.82) is 0 Å². The number of rotatable bonds is 3. The van der Waals surface area contributed by atoms with Gasteiger partial charge in [-0.05, 0) is 25.5 Å². The Bertz CT molecular complexity index is 284. The maximum atomic E-state index is 5.39. The topological polar surface area (TPSA) is 28.4 Å². The van der Waals surface area contributed by atoms with Gasteiger partial charge in [0.25, 0.3) is 0 Å². The first-order valence-electron chi connectivity index (χ1n) is 5.79. The summed E-state index contributed by atoms with van der Waals surface area (Å²) in [6, 6.07) is 5.24. The smallest absolute Gasteiger partial charge is 0.117 e. The summed E-state index contributed by atoms with van der Waals surface area (Å²) < 4.78 is 5.39. The molecular formula is C12H20N2O. The van der Waals surface area contributed by atoms with E-state index in [1.165, 1.54) is 6.42 Å². The molecule has 1 aliphatic rings. The molecule has 84 valence electrons. The number of nitrogens with zero attached hydrogens (tertiary/aromatic N) is 1. The third kappa shape index (κ3) is 2.61. The van der Waals surface area contributed by atoms with E-state index in [9.17, 15) is 0 Å². The summed E-state index contributed by atoms with van der Waals surface area (Å²) in [4.78, 5) is 2.49. The Kier molecular flexibility index (Phi) is 3.44. The van der Waals surface area contributed by atoms with Gasteiger partial charge in [0, 0.05) is 25.2 Å². The monoisotopic (exact) mass is 208 g/mol. The molecule has 1 fully saturated rings. The van der Waals surface area contributed by atoms with Crippen LogP contribution in [0.4, 0.5) is 0 Å². The fourth-order valence-electron chi connectivity index (χ4n) is 2.09. The molecule has 0 bridgehead atoms. The number of nitrogens with one attached hydrogen (secondary N) is 1. The molecule has 2 unspecified atom stereocenters. The molecule has 3 nitrogen and oxygen atoms in total. The van der Waals surface area contributed by atoms with Crippen LogP contribution in [-0.4, -0.2) is 30.1 Å². The van der Waals surface area contributed by atoms with Crippen molar-refractivity contribution in [1.82, 2.24) is 10.2 Å². The van der Waals surface area contributed by atoms with Crippen molar-refractivity contribution in [3.8, 4) is 0 Å². The first-order chi connectivity index (χ1) is 7.29. The van der Waals surface area contributed by atoms with E-state index in [0.717, 1.165) is 25.4 Å². The number of hydrogen-bond acceptors (Lipinski definition) is 3. The molecule has 2 atom stereocenters. The summed E-state index contributed by atoms with van der Waals surface area (Å²) in [5.41, 5.74) is 0. The first-order valence-corrected chi connectivity index (χ1v) is 5.79. The van der Waals surface area contributed by atoms with E-state index in [0.29, 0.717) is 12.1 Å². The third-order valence-electron chi connectivity index (χ3n) is 3.21. The fourth-order valence-corrected chi connectivity index (χ4v) is 2.09. The fraction of sp³-hybridized carbons (Fsp3) is 0.667. The van der Waals surface area contributed by atoms with Gasteiger partial charge in [-0.15, -0.1) is 0 Å². The zero-order valence-electron chi connectivity index (χ0n) is 9.57. The van der Waals surface area contributed by atoms with E-state index < -0.39 is 0 Å². The molecule has 2 rings (SSSR count). The van der Waals surface area contributed by atoms with E-state index in [4.69, 9.17) is 4.42 Å². The van der Waals surface area contributed by atoms with Gasteiger partial charge < -0.3 is 9.73 Å². The Morgan fingerprint density at radius 2 is 2.47 bits per heavy atom. The minimum absolute atomic E-state index is 0.595. The highest BCUT2D eigenvalue weighted by molar-refractivity contribution is 4.99. The second kappa shape index (κ2) is 4.81. The van der Waals surface area contributed by atoms with Crippen LogP contribution < -0.4 is 5.32 Å². The predicted octanol–water partition coefficient (Wildman–Crippen LogP) is 1.85. The van der Waals surface area contributed by atoms with E-state index in [2.05, 4.69) is 30.1 Å². The van der Waals surface area contributed by atoms with Gasteiger partial charge in [-0.3, -0.25) is 4.90 Å². The molecule has 1 N–H and O–H groups in total. The number of furan rings is 1. The van der Waals surface area contributed by atoms with Gasteiger partial charge in [-0.1, -0.05) is 6.92 Å². The van der Waals surface area contributed by atoms with Gasteiger partial charge >= 0.3 is 0 Å². The van der Waals surface area contributed by atoms with Crippen LogP contribution in [-0.2, 0) is 6.54 Å². The average Bonchev–Trinajstić information content (AvgIpc) is 2.74. The lowest BCUT2D eigenvalue weighted by Crippen LogP contribution is -2.54. The summed E-state index contributed by atoms with van der Waals surface area (Å²) in [7, 11) is 0. The van der Waals surface area contributed by atoms with Crippen molar-refractivity contribution < 1.29 is 4.42 Å². The highest BCUT2D eigenvalue weighted by Crippen LogP contribution is 2.13. The second-order valence-electron chi connectivity index (χ2n) is 4.37. The molecule has 3 heteroatoms. The summed E-state index contributed by atoms with van der Waals surface area (Å²) in [5, 5.41) is 3.56. The standard InChI is InChI=1S/C12H20N2O/c1-3-11-8-14(10(2)7-13-11)9-12-5-4-6-15-12/h4-6,10-11,13H,3,7-9H2,1-2H3. The molecule has 1 aromatic heterocycles. The minimum Gasteiger partial charge on any atom is -0.468 e. The second-order valence-corrected chi connectivity index (χ2v) is 4.37. The molecule has 0 amide bonds. The number of piperazine rings is 1. The van der Waals surface area contributed by atoms with Crippen LogP contribution in [0.1, 0.15) is 26.0 Å². The summed E-state index contributed by atoms with van der Waals surface area (Å²) in [6.07, 6.45) is 2.95. The molecular weight excluding hydrogens is 188 g/mol. The van der Waals surface area contributed by atoms with E-state index >= 15 is 0 Å². The molecule has 0 saturated carbocycles. The van der Waals surface area contributed by atoms with Crippen LogP contribution in [0.5, 0.6) is 0 Å². The molecule has 0 spiro atoms. The average molecular weight is 208 g/mol. The lowest BCUT2D eigenvalue weighted by Gasteiger charge is -2.38. The Morgan fingerprint density at radius 3 is 3.13 bits per heavy atom. The van der Waals surface area contributed by atoms with Gasteiger partial charge in [0.1, 0.15) is 5.76 Å². The lowest BCUT2D eigenvalue weighted by molar-refractivity contribution is 0.122. The van der Waals surface area contributed by atoms with E-state index in [-0.39, 0.29) is 0 Å². The molecule has 15 heavy (non-hydrogen) atoms. The Balaban J connectivity index is 1.94. The normalized spacial score (nSPS) is 28.1. The van der Waals surface area contributed by atoms with Crippen molar-refractivity contribution in [2.75, 3.05) is 13.1 Å². The molecule has 1 aliphatic heterocycles. The van der Waals surface area contributed by atoms with Crippen molar-refractivity contribution in [3.05, 3.63) is 24.2 Å². The molecule has 0 aliphatic carbocycles. The van der Waals surface area contributed by atoms with Crippen molar-refractivity contribution in [3.63, 3.8) is 0 Å². The highest BCUT2D eigenvalue weighted by Gasteiger charge is 2.24. The highest BCUT2D eigenvalue weighted by atomic mass is 16.3. The van der Waals surface area contributed by atoms with Crippen molar-refractivity contribution in [2.24, 2.45) is 0 Å². The molecule has 1 saturated heterocycles. The SMILES string of the molecule is CCC1CN(Cc2ccco2)C(C)CN1. The molecule has 1 aromatic rings. The van der Waals surface area contributed by atoms with Gasteiger partial charge in [-0.25, -0.2) is 0 Å². The van der Waals surface area contributed by atoms with E-state index in [1.54, 1.807) is 6.26 Å². The predicted molar refractivity (Wildman–Crippen MR) is 60.7 cm³/mol. The van der Waals surface area contributed by atoms with Gasteiger partial charge in [-0.2, -0.15) is 0 Å². The zero-order valence-corrected chi connectivity index (χ0v) is 9.57. The first kappa shape index (κ1) is 10.7. The van der Waals surface area contributed by atoms with Crippen LogP contribution >= 0.6 is 0 Å². The van der Waals surface area contributed by atoms with Gasteiger partial charge in [0.15, 0.2) is 0 Å². The summed E-state index contributed by atoms with van der Waals surface area (Å²) >= 11 is 0. The van der Waals surface area contributed by atoms with E-state index in [1.807, 2.05) is 6.07 Å². The third-order valence-corrected chi connectivity index (χ3v) is 3.21. The molecule has 2 heterocycles. The number of hydrogen-bond donors (Lipinski definition) is 1. The van der Waals surface area contributed by atoms with Crippen molar-refractivity contribution >= 4 is 0 Å². The molecule has 0 aromatic carbocycles. The van der Waals surface area contributed by atoms with Crippen molar-refractivity contribution in [2.45, 2.75) is 38.9 Å². The minimum atomic E-state index is 0.595. The maximum absolute atomic E-state index is 5.39. The van der Waals surface area contributed by atoms with Gasteiger partial charge in [0.05, 0.1) is 12.8 Å². The summed E-state index contributed by atoms with van der Waals surface area (Å²) in [6.45, 7) is 7.64. The van der Waals surface area contributed by atoms with Crippen LogP contribution in [0.25, 0.3) is 0 Å². The van der Waals surface area contributed by atoms with Gasteiger partial charge in [0.2, 0.25) is 0 Å².